The molecule has 2 heterocycles. The van der Waals surface area contributed by atoms with Crippen molar-refractivity contribution < 1.29 is 13.2 Å². The van der Waals surface area contributed by atoms with Crippen LogP contribution in [0.4, 0.5) is 0 Å². The Bertz CT molecular complexity index is 920. The van der Waals surface area contributed by atoms with Crippen LogP contribution in [0, 0.1) is 0 Å². The van der Waals surface area contributed by atoms with Gasteiger partial charge in [0, 0.05) is 18.5 Å². The largest absolute Gasteiger partial charge is 0.341 e. The van der Waals surface area contributed by atoms with Gasteiger partial charge in [0.2, 0.25) is 5.91 Å². The molecule has 0 aliphatic carbocycles. The lowest BCUT2D eigenvalue weighted by Gasteiger charge is -2.23. The summed E-state index contributed by atoms with van der Waals surface area (Å²) in [5.74, 6) is -0.0822. The first kappa shape index (κ1) is 15.7. The van der Waals surface area contributed by atoms with Crippen LogP contribution < -0.4 is 5.56 Å². The van der Waals surface area contributed by atoms with Gasteiger partial charge in [0.05, 0.1) is 29.0 Å². The van der Waals surface area contributed by atoms with Gasteiger partial charge in [0.25, 0.3) is 5.56 Å². The zero-order chi connectivity index (χ0) is 16.6. The summed E-state index contributed by atoms with van der Waals surface area (Å²) in [6.07, 6.45) is 0.481. The molecule has 1 aliphatic rings. The number of carbonyl (C=O) groups excluding carboxylic acids is 1. The molecule has 1 amide bonds. The van der Waals surface area contributed by atoms with Crippen LogP contribution in [0.1, 0.15) is 12.1 Å². The van der Waals surface area contributed by atoms with Crippen molar-refractivity contribution in [2.45, 2.75) is 18.9 Å². The molecule has 23 heavy (non-hydrogen) atoms. The van der Waals surface area contributed by atoms with E-state index in [0.29, 0.717) is 22.9 Å². The number of nitrogens with one attached hydrogen (secondary N) is 1. The van der Waals surface area contributed by atoms with Crippen LogP contribution in [-0.4, -0.2) is 54.0 Å². The van der Waals surface area contributed by atoms with Crippen molar-refractivity contribution in [3.8, 4) is 0 Å². The highest BCUT2D eigenvalue weighted by atomic mass is 32.2. The van der Waals surface area contributed by atoms with Crippen LogP contribution in [-0.2, 0) is 21.1 Å². The molecule has 1 atom stereocenters. The Morgan fingerprint density at radius 1 is 1.35 bits per heavy atom. The minimum atomic E-state index is -3.04. The van der Waals surface area contributed by atoms with Crippen molar-refractivity contribution >= 4 is 26.5 Å². The van der Waals surface area contributed by atoms with Crippen molar-refractivity contribution in [2.24, 2.45) is 0 Å². The quantitative estimate of drug-likeness (QED) is 0.858. The lowest BCUT2D eigenvalue weighted by Crippen LogP contribution is -2.39. The number of hydrogen-bond donors (Lipinski definition) is 1. The van der Waals surface area contributed by atoms with Crippen LogP contribution >= 0.6 is 0 Å². The molecule has 1 aliphatic heterocycles. The van der Waals surface area contributed by atoms with Gasteiger partial charge in [-0.25, -0.2) is 13.5 Å². The summed E-state index contributed by atoms with van der Waals surface area (Å²) in [7, 11) is -1.43. The zero-order valence-corrected chi connectivity index (χ0v) is 13.5. The zero-order valence-electron chi connectivity index (χ0n) is 12.7. The molecule has 7 nitrogen and oxygen atoms in total. The number of hydrogen-bond acceptors (Lipinski definition) is 5. The van der Waals surface area contributed by atoms with Gasteiger partial charge in [-0.3, -0.25) is 9.59 Å². The molecule has 1 fully saturated rings. The molecule has 122 valence electrons. The van der Waals surface area contributed by atoms with Crippen LogP contribution in [0.25, 0.3) is 10.8 Å². The number of carbonyl (C=O) groups is 1. The van der Waals surface area contributed by atoms with Crippen molar-refractivity contribution in [3.63, 3.8) is 0 Å². The molecule has 1 aromatic carbocycles. The number of benzene rings is 1. The Kier molecular flexibility index (Phi) is 3.93. The minimum absolute atomic E-state index is 0.00897. The first-order chi connectivity index (χ1) is 10.9. The number of rotatable bonds is 3. The van der Waals surface area contributed by atoms with Gasteiger partial charge in [-0.05, 0) is 12.5 Å². The summed E-state index contributed by atoms with van der Waals surface area (Å²) in [6, 6.07) is 6.67. The summed E-state index contributed by atoms with van der Waals surface area (Å²) in [6.45, 7) is 0. The average molecular weight is 335 g/mol. The summed E-state index contributed by atoms with van der Waals surface area (Å²) in [4.78, 5) is 25.7. The van der Waals surface area contributed by atoms with Crippen molar-refractivity contribution in [2.75, 3.05) is 18.6 Å². The summed E-state index contributed by atoms with van der Waals surface area (Å²) < 4.78 is 23.1. The van der Waals surface area contributed by atoms with Gasteiger partial charge in [-0.2, -0.15) is 5.10 Å². The first-order valence-corrected chi connectivity index (χ1v) is 9.12. The molecule has 1 saturated heterocycles. The highest BCUT2D eigenvalue weighted by Gasteiger charge is 2.32. The molecule has 1 unspecified atom stereocenters. The maximum atomic E-state index is 12.4. The molecule has 1 aromatic heterocycles. The van der Waals surface area contributed by atoms with Gasteiger partial charge in [0.15, 0.2) is 9.84 Å². The second-order valence-corrected chi connectivity index (χ2v) is 8.01. The molecule has 3 rings (SSSR count). The van der Waals surface area contributed by atoms with Crippen molar-refractivity contribution in [1.82, 2.24) is 15.1 Å². The van der Waals surface area contributed by atoms with Gasteiger partial charge in [0.1, 0.15) is 0 Å². The maximum absolute atomic E-state index is 12.4. The minimum Gasteiger partial charge on any atom is -0.341 e. The van der Waals surface area contributed by atoms with E-state index >= 15 is 0 Å². The topological polar surface area (TPSA) is 100 Å². The van der Waals surface area contributed by atoms with Crippen LogP contribution in [0.5, 0.6) is 0 Å². The fourth-order valence-corrected chi connectivity index (χ4v) is 4.63. The first-order valence-electron chi connectivity index (χ1n) is 7.30. The number of nitrogens with zero attached hydrogens (tertiary/aromatic N) is 2. The van der Waals surface area contributed by atoms with Gasteiger partial charge in [-0.15, -0.1) is 0 Å². The maximum Gasteiger partial charge on any atom is 0.272 e. The van der Waals surface area contributed by atoms with E-state index in [-0.39, 0.29) is 35.4 Å². The normalized spacial score (nSPS) is 19.8. The standard InChI is InChI=1S/C15H17N3O4S/c1-18(10-6-7-23(21,22)9-10)14(19)8-13-11-4-2-3-5-12(11)15(20)17-16-13/h2-5,10H,6-9H2,1H3,(H,17,20). The highest BCUT2D eigenvalue weighted by Crippen LogP contribution is 2.18. The monoisotopic (exact) mass is 335 g/mol. The molecule has 1 N–H and O–H groups in total. The third kappa shape index (κ3) is 3.12. The fraction of sp³-hybridized carbons (Fsp3) is 0.400. The third-order valence-corrected chi connectivity index (χ3v) is 5.99. The smallest absolute Gasteiger partial charge is 0.272 e. The summed E-state index contributed by atoms with van der Waals surface area (Å²) >= 11 is 0. The predicted octanol–water partition coefficient (Wildman–Crippen LogP) is 0.111. The molecule has 8 heteroatoms. The molecule has 0 saturated carbocycles. The second kappa shape index (κ2) is 5.77. The van der Waals surface area contributed by atoms with Gasteiger partial charge in [-0.1, -0.05) is 18.2 Å². The third-order valence-electron chi connectivity index (χ3n) is 4.24. The molecular weight excluding hydrogens is 318 g/mol. The van der Waals surface area contributed by atoms with Crippen molar-refractivity contribution in [1.29, 1.82) is 0 Å². The SMILES string of the molecule is CN(C(=O)Cc1n[nH]c(=O)c2ccccc12)C1CCS(=O)(=O)C1. The Labute approximate surface area is 133 Å². The Hall–Kier alpha value is -2.22. The van der Waals surface area contributed by atoms with E-state index in [1.165, 1.54) is 4.90 Å². The lowest BCUT2D eigenvalue weighted by atomic mass is 10.1. The number of amides is 1. The van der Waals surface area contributed by atoms with Crippen LogP contribution in [0.2, 0.25) is 0 Å². The summed E-state index contributed by atoms with van der Waals surface area (Å²) in [5, 5.41) is 7.50. The van der Waals surface area contributed by atoms with E-state index in [0.717, 1.165) is 0 Å². The van der Waals surface area contributed by atoms with Gasteiger partial charge < -0.3 is 4.90 Å². The lowest BCUT2D eigenvalue weighted by molar-refractivity contribution is -0.130. The Balaban J connectivity index is 1.84. The molecule has 0 spiro atoms. The van der Waals surface area contributed by atoms with E-state index in [4.69, 9.17) is 0 Å². The highest BCUT2D eigenvalue weighted by molar-refractivity contribution is 7.91. The number of sulfone groups is 1. The van der Waals surface area contributed by atoms with Gasteiger partial charge >= 0.3 is 0 Å². The predicted molar refractivity (Wildman–Crippen MR) is 85.9 cm³/mol. The molecule has 0 radical (unpaired) electrons. The number of fused-ring (bicyclic) bond motifs is 1. The van der Waals surface area contributed by atoms with E-state index in [9.17, 15) is 18.0 Å². The van der Waals surface area contributed by atoms with E-state index in [1.807, 2.05) is 0 Å². The van der Waals surface area contributed by atoms with E-state index < -0.39 is 9.84 Å². The number of aromatic amines is 1. The Morgan fingerprint density at radius 2 is 2.04 bits per heavy atom. The number of likely N-dealkylation sites (N-methyl/N-ethyl adjacent to an activating group) is 1. The van der Waals surface area contributed by atoms with Crippen molar-refractivity contribution in [3.05, 3.63) is 40.3 Å². The second-order valence-electron chi connectivity index (χ2n) is 5.78. The number of H-pyrrole nitrogens is 1. The van der Waals surface area contributed by atoms with E-state index in [1.54, 1.807) is 31.3 Å². The molecular formula is C15H17N3O4S. The van der Waals surface area contributed by atoms with E-state index in [2.05, 4.69) is 10.2 Å². The average Bonchev–Trinajstić information content (AvgIpc) is 2.89. The molecule has 0 bridgehead atoms. The summed E-state index contributed by atoms with van der Waals surface area (Å²) in [5.41, 5.74) is 0.185. The number of aromatic nitrogens is 2. The molecule has 2 aromatic rings. The van der Waals surface area contributed by atoms with Crippen LogP contribution in [0.3, 0.4) is 0 Å². The van der Waals surface area contributed by atoms with Crippen LogP contribution in [0.15, 0.2) is 29.1 Å². The Morgan fingerprint density at radius 3 is 2.70 bits per heavy atom. The fourth-order valence-electron chi connectivity index (χ4n) is 2.86.